The molecule has 2 nitrogen and oxygen atoms in total. The highest BCUT2D eigenvalue weighted by molar-refractivity contribution is 5.30. The van der Waals surface area contributed by atoms with Crippen LogP contribution in [0.15, 0.2) is 18.2 Å². The van der Waals surface area contributed by atoms with Gasteiger partial charge in [0.25, 0.3) is 0 Å². The number of aliphatic hydroxyl groups is 1. The largest absolute Gasteiger partial charge is 0.493 e. The van der Waals surface area contributed by atoms with Crippen LogP contribution in [0.4, 0.5) is 17.6 Å². The average Bonchev–Trinajstić information content (AvgIpc) is 2.25. The fourth-order valence-electron chi connectivity index (χ4n) is 1.14. The summed E-state index contributed by atoms with van der Waals surface area (Å²) in [6.07, 6.45) is -4.72. The van der Waals surface area contributed by atoms with Gasteiger partial charge < -0.3 is 9.84 Å². The standard InChI is InChI=1S/C12H14F4O2/c1-11(2,6-17)7-18-8-3-4-9(10(13)5-8)12(14,15)16/h3-5,17H,6-7H2,1-2H3. The summed E-state index contributed by atoms with van der Waals surface area (Å²) in [5, 5.41) is 8.97. The van der Waals surface area contributed by atoms with Gasteiger partial charge in [0.05, 0.1) is 18.8 Å². The fourth-order valence-corrected chi connectivity index (χ4v) is 1.14. The van der Waals surface area contributed by atoms with Crippen LogP contribution < -0.4 is 4.74 Å². The third kappa shape index (κ3) is 3.87. The summed E-state index contributed by atoms with van der Waals surface area (Å²) in [6.45, 7) is 3.37. The van der Waals surface area contributed by atoms with Gasteiger partial charge in [0.15, 0.2) is 0 Å². The Morgan fingerprint density at radius 1 is 1.22 bits per heavy atom. The van der Waals surface area contributed by atoms with E-state index in [4.69, 9.17) is 9.84 Å². The fraction of sp³-hybridized carbons (Fsp3) is 0.500. The highest BCUT2D eigenvalue weighted by atomic mass is 19.4. The summed E-state index contributed by atoms with van der Waals surface area (Å²) < 4.78 is 55.2. The van der Waals surface area contributed by atoms with E-state index >= 15 is 0 Å². The average molecular weight is 266 g/mol. The lowest BCUT2D eigenvalue weighted by Crippen LogP contribution is -2.25. The Labute approximate surface area is 102 Å². The molecule has 0 radical (unpaired) electrons. The highest BCUT2D eigenvalue weighted by Gasteiger charge is 2.34. The zero-order chi connectivity index (χ0) is 14.0. The minimum atomic E-state index is -4.72. The highest BCUT2D eigenvalue weighted by Crippen LogP contribution is 2.33. The number of benzene rings is 1. The normalized spacial score (nSPS) is 12.6. The minimum Gasteiger partial charge on any atom is -0.493 e. The van der Waals surface area contributed by atoms with E-state index in [0.717, 1.165) is 6.07 Å². The molecule has 0 bridgehead atoms. The third-order valence-electron chi connectivity index (χ3n) is 2.30. The van der Waals surface area contributed by atoms with Crippen molar-refractivity contribution >= 4 is 0 Å². The molecule has 0 unspecified atom stereocenters. The molecule has 102 valence electrons. The Bertz CT molecular complexity index is 413. The second-order valence-electron chi connectivity index (χ2n) is 4.75. The Morgan fingerprint density at radius 3 is 2.28 bits per heavy atom. The van der Waals surface area contributed by atoms with Crippen molar-refractivity contribution in [2.24, 2.45) is 5.41 Å². The monoisotopic (exact) mass is 266 g/mol. The van der Waals surface area contributed by atoms with Crippen LogP contribution in [0.2, 0.25) is 0 Å². The molecule has 0 aliphatic carbocycles. The number of alkyl halides is 3. The second kappa shape index (κ2) is 5.14. The summed E-state index contributed by atoms with van der Waals surface area (Å²) in [7, 11) is 0. The third-order valence-corrected chi connectivity index (χ3v) is 2.30. The van der Waals surface area contributed by atoms with Gasteiger partial charge in [-0.05, 0) is 12.1 Å². The van der Waals surface area contributed by atoms with E-state index in [1.165, 1.54) is 0 Å². The summed E-state index contributed by atoms with van der Waals surface area (Å²) in [6, 6.07) is 2.38. The molecule has 18 heavy (non-hydrogen) atoms. The molecule has 0 spiro atoms. The molecule has 0 heterocycles. The van der Waals surface area contributed by atoms with Gasteiger partial charge >= 0.3 is 6.18 Å². The van der Waals surface area contributed by atoms with Crippen molar-refractivity contribution in [2.45, 2.75) is 20.0 Å². The van der Waals surface area contributed by atoms with Crippen molar-refractivity contribution in [1.29, 1.82) is 0 Å². The molecule has 0 aliphatic heterocycles. The number of rotatable bonds is 4. The molecule has 1 rings (SSSR count). The van der Waals surface area contributed by atoms with Crippen molar-refractivity contribution in [1.82, 2.24) is 0 Å². The first-order valence-corrected chi connectivity index (χ1v) is 5.26. The van der Waals surface area contributed by atoms with E-state index in [-0.39, 0.29) is 19.0 Å². The second-order valence-corrected chi connectivity index (χ2v) is 4.75. The van der Waals surface area contributed by atoms with Crippen LogP contribution >= 0.6 is 0 Å². The number of halogens is 4. The van der Waals surface area contributed by atoms with Crippen LogP contribution in [0.5, 0.6) is 5.75 Å². The van der Waals surface area contributed by atoms with Crippen LogP contribution in [0.3, 0.4) is 0 Å². The van der Waals surface area contributed by atoms with Gasteiger partial charge in [-0.2, -0.15) is 13.2 Å². The molecule has 0 atom stereocenters. The summed E-state index contributed by atoms with van der Waals surface area (Å²) in [5.41, 5.74) is -1.87. The number of hydrogen-bond donors (Lipinski definition) is 1. The van der Waals surface area contributed by atoms with Gasteiger partial charge in [0.1, 0.15) is 11.6 Å². The number of ether oxygens (including phenoxy) is 1. The molecule has 0 aromatic heterocycles. The maximum Gasteiger partial charge on any atom is 0.419 e. The van der Waals surface area contributed by atoms with Gasteiger partial charge in [0.2, 0.25) is 0 Å². The molecule has 0 amide bonds. The van der Waals surface area contributed by atoms with Gasteiger partial charge in [-0.3, -0.25) is 0 Å². The Hall–Kier alpha value is -1.30. The van der Waals surface area contributed by atoms with Crippen LogP contribution in [0.1, 0.15) is 19.4 Å². The van der Waals surface area contributed by atoms with Crippen molar-refractivity contribution in [2.75, 3.05) is 13.2 Å². The lowest BCUT2D eigenvalue weighted by atomic mass is 9.96. The zero-order valence-electron chi connectivity index (χ0n) is 10.0. The van der Waals surface area contributed by atoms with E-state index in [1.807, 2.05) is 0 Å². The maximum absolute atomic E-state index is 13.2. The van der Waals surface area contributed by atoms with Crippen LogP contribution in [0, 0.1) is 11.2 Å². The lowest BCUT2D eigenvalue weighted by Gasteiger charge is -2.22. The van der Waals surface area contributed by atoms with Gasteiger partial charge in [-0.25, -0.2) is 4.39 Å². The minimum absolute atomic E-state index is 0.00188. The molecule has 1 aromatic rings. The summed E-state index contributed by atoms with van der Waals surface area (Å²) in [4.78, 5) is 0. The van der Waals surface area contributed by atoms with Crippen LogP contribution in [-0.2, 0) is 6.18 Å². The van der Waals surface area contributed by atoms with Crippen molar-refractivity contribution in [3.8, 4) is 5.75 Å². The molecular weight excluding hydrogens is 252 g/mol. The van der Waals surface area contributed by atoms with Crippen molar-refractivity contribution < 1.29 is 27.4 Å². The van der Waals surface area contributed by atoms with Gasteiger partial charge in [-0.1, -0.05) is 13.8 Å². The van der Waals surface area contributed by atoms with Crippen LogP contribution in [0.25, 0.3) is 0 Å². The first-order valence-electron chi connectivity index (χ1n) is 5.26. The lowest BCUT2D eigenvalue weighted by molar-refractivity contribution is -0.140. The first-order chi connectivity index (χ1) is 8.15. The molecule has 1 N–H and O–H groups in total. The van der Waals surface area contributed by atoms with Gasteiger partial charge in [-0.15, -0.1) is 0 Å². The summed E-state index contributed by atoms with van der Waals surface area (Å²) in [5.74, 6) is -1.37. The predicted molar refractivity (Wildman–Crippen MR) is 57.8 cm³/mol. The van der Waals surface area contributed by atoms with E-state index in [2.05, 4.69) is 0 Å². The molecule has 6 heteroatoms. The molecule has 0 fully saturated rings. The molecule has 0 saturated carbocycles. The Kier molecular flexibility index (Phi) is 4.21. The molecule has 1 aromatic carbocycles. The van der Waals surface area contributed by atoms with E-state index in [9.17, 15) is 17.6 Å². The molecular formula is C12H14F4O2. The quantitative estimate of drug-likeness (QED) is 0.848. The Balaban J connectivity index is 2.80. The zero-order valence-corrected chi connectivity index (χ0v) is 10.0. The maximum atomic E-state index is 13.2. The Morgan fingerprint density at radius 2 is 1.83 bits per heavy atom. The van der Waals surface area contributed by atoms with E-state index < -0.39 is 23.0 Å². The van der Waals surface area contributed by atoms with Gasteiger partial charge in [0, 0.05) is 11.5 Å². The first kappa shape index (κ1) is 14.8. The molecule has 0 saturated heterocycles. The smallest absolute Gasteiger partial charge is 0.419 e. The van der Waals surface area contributed by atoms with Crippen molar-refractivity contribution in [3.63, 3.8) is 0 Å². The predicted octanol–water partition coefficient (Wildman–Crippen LogP) is 3.24. The topological polar surface area (TPSA) is 29.5 Å². The number of aliphatic hydroxyl groups excluding tert-OH is 1. The van der Waals surface area contributed by atoms with Crippen molar-refractivity contribution in [3.05, 3.63) is 29.6 Å². The number of hydrogen-bond acceptors (Lipinski definition) is 2. The SMILES string of the molecule is CC(C)(CO)COc1ccc(C(F)(F)F)c(F)c1. The van der Waals surface area contributed by atoms with Crippen LogP contribution in [-0.4, -0.2) is 18.3 Å². The molecule has 0 aliphatic rings. The van der Waals surface area contributed by atoms with E-state index in [1.54, 1.807) is 13.8 Å². The van der Waals surface area contributed by atoms with E-state index in [0.29, 0.717) is 12.1 Å². The summed E-state index contributed by atoms with van der Waals surface area (Å²) >= 11 is 0.